The van der Waals surface area contributed by atoms with Crippen LogP contribution in [0.5, 0.6) is 0 Å². The van der Waals surface area contributed by atoms with E-state index in [0.717, 1.165) is 12.3 Å². The molecular formula is C9H4F3N3O4. The lowest BCUT2D eigenvalue weighted by Gasteiger charge is -2.04. The molecule has 0 unspecified atom stereocenters. The van der Waals surface area contributed by atoms with Crippen molar-refractivity contribution in [2.24, 2.45) is 0 Å². The number of nitro groups is 1. The molecule has 0 fully saturated rings. The van der Waals surface area contributed by atoms with Crippen LogP contribution in [-0.2, 0) is 6.18 Å². The van der Waals surface area contributed by atoms with Crippen LogP contribution in [0.3, 0.4) is 0 Å². The van der Waals surface area contributed by atoms with Gasteiger partial charge in [-0.2, -0.15) is 22.6 Å². The smallest absolute Gasteiger partial charge is 0.422 e. The first kappa shape index (κ1) is 12.8. The molecule has 0 saturated heterocycles. The van der Waals surface area contributed by atoms with Gasteiger partial charge in [-0.3, -0.25) is 0 Å². The number of pyridine rings is 1. The fraction of sp³-hybridized carbons (Fsp3) is 0.111. The van der Waals surface area contributed by atoms with Crippen molar-refractivity contribution in [3.63, 3.8) is 0 Å². The van der Waals surface area contributed by atoms with E-state index in [0.29, 0.717) is 10.5 Å². The first-order valence-electron chi connectivity index (χ1n) is 4.69. The number of carboxylic acids is 1. The zero-order valence-electron chi connectivity index (χ0n) is 8.88. The summed E-state index contributed by atoms with van der Waals surface area (Å²) >= 11 is 0. The normalized spacial score (nSPS) is 11.7. The van der Waals surface area contributed by atoms with Gasteiger partial charge in [-0.1, -0.05) is 0 Å². The average molecular weight is 275 g/mol. The van der Waals surface area contributed by atoms with E-state index in [1.807, 2.05) is 0 Å². The molecule has 0 bridgehead atoms. The maximum absolute atomic E-state index is 12.7. The molecule has 10 heteroatoms. The molecule has 19 heavy (non-hydrogen) atoms. The second kappa shape index (κ2) is 3.93. The molecule has 100 valence electrons. The molecule has 0 aliphatic heterocycles. The predicted octanol–water partition coefficient (Wildman–Crippen LogP) is 1.96. The predicted molar refractivity (Wildman–Crippen MR) is 53.8 cm³/mol. The monoisotopic (exact) mass is 275 g/mol. The van der Waals surface area contributed by atoms with E-state index in [2.05, 4.69) is 4.98 Å². The summed E-state index contributed by atoms with van der Waals surface area (Å²) in [5.74, 6) is -2.79. The van der Waals surface area contributed by atoms with Crippen LogP contribution in [0.1, 0.15) is 16.1 Å². The van der Waals surface area contributed by atoms with Crippen LogP contribution in [0.15, 0.2) is 18.3 Å². The fourth-order valence-corrected chi connectivity index (χ4v) is 1.59. The maximum Gasteiger partial charge on any atom is 0.422 e. The van der Waals surface area contributed by atoms with E-state index in [9.17, 15) is 28.1 Å². The van der Waals surface area contributed by atoms with Crippen molar-refractivity contribution in [3.8, 4) is 0 Å². The number of alkyl halides is 3. The number of carboxylic acid groups (broad SMARTS) is 1. The molecule has 0 atom stereocenters. The zero-order valence-corrected chi connectivity index (χ0v) is 8.88. The van der Waals surface area contributed by atoms with Gasteiger partial charge in [0.05, 0.1) is 6.20 Å². The summed E-state index contributed by atoms with van der Waals surface area (Å²) < 4.78 is 38.6. The Morgan fingerprint density at radius 1 is 1.47 bits per heavy atom. The van der Waals surface area contributed by atoms with Gasteiger partial charge in [-0.05, 0) is 17.1 Å². The third-order valence-electron chi connectivity index (χ3n) is 2.31. The lowest BCUT2D eigenvalue weighted by Crippen LogP contribution is -2.07. The standard InChI is InChI=1S/C9H4F3N3O4/c10-9(11,12)4-2-1-3-14-6(4)13-5(8(16)17)7(14)15(18)19/h1-3H,(H,16,17). The Hall–Kier alpha value is -2.65. The van der Waals surface area contributed by atoms with Gasteiger partial charge in [0.15, 0.2) is 0 Å². The summed E-state index contributed by atoms with van der Waals surface area (Å²) in [6.45, 7) is 0. The number of halogens is 3. The number of fused-ring (bicyclic) bond motifs is 1. The highest BCUT2D eigenvalue weighted by Crippen LogP contribution is 2.34. The third kappa shape index (κ3) is 1.96. The lowest BCUT2D eigenvalue weighted by molar-refractivity contribution is -0.390. The Balaban J connectivity index is 2.91. The molecule has 7 nitrogen and oxygen atoms in total. The molecule has 2 aromatic rings. The van der Waals surface area contributed by atoms with Crippen LogP contribution in [0.25, 0.3) is 5.65 Å². The van der Waals surface area contributed by atoms with E-state index in [-0.39, 0.29) is 0 Å². The summed E-state index contributed by atoms with van der Waals surface area (Å²) in [5, 5.41) is 19.5. The number of hydrogen-bond acceptors (Lipinski definition) is 4. The number of nitrogens with zero attached hydrogens (tertiary/aromatic N) is 3. The van der Waals surface area contributed by atoms with Crippen LogP contribution in [0.2, 0.25) is 0 Å². The van der Waals surface area contributed by atoms with Gasteiger partial charge in [-0.15, -0.1) is 0 Å². The summed E-state index contributed by atoms with van der Waals surface area (Å²) in [6.07, 6.45) is -3.85. The van der Waals surface area contributed by atoms with Gasteiger partial charge in [0.25, 0.3) is 0 Å². The molecule has 2 heterocycles. The van der Waals surface area contributed by atoms with Crippen LogP contribution in [-0.4, -0.2) is 25.4 Å². The summed E-state index contributed by atoms with van der Waals surface area (Å²) in [4.78, 5) is 23.7. The van der Waals surface area contributed by atoms with Gasteiger partial charge in [-0.25, -0.2) is 4.79 Å². The maximum atomic E-state index is 12.7. The van der Waals surface area contributed by atoms with Gasteiger partial charge in [0.2, 0.25) is 11.3 Å². The number of imidazole rings is 1. The Morgan fingerprint density at radius 3 is 2.58 bits per heavy atom. The molecule has 1 N–H and O–H groups in total. The molecule has 0 amide bonds. The largest absolute Gasteiger partial charge is 0.476 e. The minimum atomic E-state index is -4.79. The van der Waals surface area contributed by atoms with Crippen molar-refractivity contribution in [1.29, 1.82) is 0 Å². The topological polar surface area (TPSA) is 97.7 Å². The second-order valence-corrected chi connectivity index (χ2v) is 3.46. The SMILES string of the molecule is O=C(O)c1nc2c(C(F)(F)F)cccn2c1[N+](=O)[O-]. The van der Waals surface area contributed by atoms with Crippen molar-refractivity contribution < 1.29 is 28.0 Å². The van der Waals surface area contributed by atoms with E-state index < -0.39 is 39.8 Å². The highest BCUT2D eigenvalue weighted by atomic mass is 19.4. The van der Waals surface area contributed by atoms with Crippen molar-refractivity contribution in [3.05, 3.63) is 39.7 Å². The summed E-state index contributed by atoms with van der Waals surface area (Å²) in [5.41, 5.74) is -3.11. The molecule has 0 radical (unpaired) electrons. The summed E-state index contributed by atoms with van der Waals surface area (Å²) in [7, 11) is 0. The van der Waals surface area contributed by atoms with Crippen molar-refractivity contribution in [1.82, 2.24) is 9.38 Å². The van der Waals surface area contributed by atoms with Crippen LogP contribution >= 0.6 is 0 Å². The van der Waals surface area contributed by atoms with E-state index in [4.69, 9.17) is 5.11 Å². The number of aromatic carboxylic acids is 1. The van der Waals surface area contributed by atoms with Crippen LogP contribution in [0, 0.1) is 10.1 Å². The molecule has 0 aliphatic carbocycles. The molecule has 0 spiro atoms. The molecule has 0 saturated carbocycles. The van der Waals surface area contributed by atoms with Crippen molar-refractivity contribution >= 4 is 17.4 Å². The average Bonchev–Trinajstić information content (AvgIpc) is 2.66. The molecule has 2 aromatic heterocycles. The molecule has 0 aliphatic rings. The molecular weight excluding hydrogens is 271 g/mol. The first-order valence-corrected chi connectivity index (χ1v) is 4.69. The van der Waals surface area contributed by atoms with Gasteiger partial charge < -0.3 is 15.2 Å². The Bertz CT molecular complexity index is 692. The number of carbonyl (C=O) groups is 1. The fourth-order valence-electron chi connectivity index (χ4n) is 1.59. The number of hydrogen-bond donors (Lipinski definition) is 1. The van der Waals surface area contributed by atoms with E-state index in [1.165, 1.54) is 0 Å². The summed E-state index contributed by atoms with van der Waals surface area (Å²) in [6, 6.07) is 1.59. The minimum Gasteiger partial charge on any atom is -0.476 e. The molecule has 2 rings (SSSR count). The van der Waals surface area contributed by atoms with Crippen LogP contribution in [0.4, 0.5) is 19.0 Å². The van der Waals surface area contributed by atoms with Gasteiger partial charge >= 0.3 is 18.0 Å². The highest BCUT2D eigenvalue weighted by Gasteiger charge is 2.38. The van der Waals surface area contributed by atoms with Crippen molar-refractivity contribution in [2.45, 2.75) is 6.18 Å². The molecule has 0 aromatic carbocycles. The zero-order chi connectivity index (χ0) is 14.4. The Labute approximate surface area is 102 Å². The van der Waals surface area contributed by atoms with Gasteiger partial charge in [0, 0.05) is 0 Å². The van der Waals surface area contributed by atoms with Crippen LogP contribution < -0.4 is 0 Å². The first-order chi connectivity index (χ1) is 8.73. The highest BCUT2D eigenvalue weighted by molar-refractivity contribution is 5.91. The van der Waals surface area contributed by atoms with E-state index in [1.54, 1.807) is 0 Å². The Morgan fingerprint density at radius 2 is 2.11 bits per heavy atom. The van der Waals surface area contributed by atoms with E-state index >= 15 is 0 Å². The number of rotatable bonds is 2. The minimum absolute atomic E-state index is 0.492. The second-order valence-electron chi connectivity index (χ2n) is 3.46. The quantitative estimate of drug-likeness (QED) is 0.667. The number of aromatic nitrogens is 2. The Kier molecular flexibility index (Phi) is 2.65. The van der Waals surface area contributed by atoms with Crippen molar-refractivity contribution in [2.75, 3.05) is 0 Å². The third-order valence-corrected chi connectivity index (χ3v) is 2.31. The van der Waals surface area contributed by atoms with Gasteiger partial charge in [0.1, 0.15) is 5.56 Å². The lowest BCUT2D eigenvalue weighted by atomic mass is 10.2.